The summed E-state index contributed by atoms with van der Waals surface area (Å²) in [5, 5.41) is 8.57. The second kappa shape index (κ2) is 10.3. The quantitative estimate of drug-likeness (QED) is 0.337. The van der Waals surface area contributed by atoms with Crippen LogP contribution in [0.3, 0.4) is 0 Å². The minimum Gasteiger partial charge on any atom is -0.494 e. The Morgan fingerprint density at radius 1 is 1.30 bits per heavy atom. The molecular weight excluding hydrogens is 400 g/mol. The second-order valence-electron chi connectivity index (χ2n) is 6.88. The third-order valence-electron chi connectivity index (χ3n) is 4.49. The number of aromatic nitrogens is 3. The highest BCUT2D eigenvalue weighted by Gasteiger charge is 2.35. The molecule has 1 aromatic carbocycles. The molecule has 0 spiro atoms. The minimum absolute atomic E-state index is 0.147. The molecule has 160 valence electrons. The molecule has 0 saturated carbocycles. The van der Waals surface area contributed by atoms with Crippen molar-refractivity contribution in [2.24, 2.45) is 0 Å². The van der Waals surface area contributed by atoms with Gasteiger partial charge in [-0.2, -0.15) is 4.98 Å². The SMILES string of the molecule is C=CCOC(=O)C1=C(C)Nc2nc(SCCC)nn2C1c1ccc(OCCC)cc1. The maximum absolute atomic E-state index is 12.9. The summed E-state index contributed by atoms with van der Waals surface area (Å²) < 4.78 is 12.8. The van der Waals surface area contributed by atoms with E-state index in [1.54, 1.807) is 22.5 Å². The van der Waals surface area contributed by atoms with Gasteiger partial charge < -0.3 is 14.8 Å². The molecule has 0 aliphatic carbocycles. The van der Waals surface area contributed by atoms with E-state index in [-0.39, 0.29) is 6.61 Å². The Balaban J connectivity index is 2.00. The zero-order valence-corrected chi connectivity index (χ0v) is 18.5. The van der Waals surface area contributed by atoms with Crippen molar-refractivity contribution in [3.63, 3.8) is 0 Å². The number of rotatable bonds is 10. The van der Waals surface area contributed by atoms with Crippen molar-refractivity contribution in [3.05, 3.63) is 53.8 Å². The molecule has 1 aromatic heterocycles. The number of ether oxygens (including phenoxy) is 2. The number of esters is 1. The Labute approximate surface area is 181 Å². The standard InChI is InChI=1S/C22H28N4O3S/c1-5-12-28-17-10-8-16(9-11-17)19-18(20(27)29-13-6-2)15(4)23-21-24-22(25-26(19)21)30-14-7-3/h6,8-11,19H,2,5,7,12-14H2,1,3-4H3,(H,23,24,25). The van der Waals surface area contributed by atoms with E-state index >= 15 is 0 Å². The number of hydrogen-bond donors (Lipinski definition) is 1. The topological polar surface area (TPSA) is 78.3 Å². The number of carbonyl (C=O) groups excluding carboxylic acids is 1. The molecule has 1 unspecified atom stereocenters. The molecule has 0 bridgehead atoms. The maximum atomic E-state index is 12.9. The highest BCUT2D eigenvalue weighted by atomic mass is 32.2. The number of allylic oxidation sites excluding steroid dienone is 1. The molecule has 30 heavy (non-hydrogen) atoms. The third kappa shape index (κ3) is 4.87. The van der Waals surface area contributed by atoms with Gasteiger partial charge in [0, 0.05) is 11.4 Å². The Bertz CT molecular complexity index is 921. The van der Waals surface area contributed by atoms with Crippen LogP contribution in [-0.2, 0) is 9.53 Å². The summed E-state index contributed by atoms with van der Waals surface area (Å²) in [6.45, 7) is 10.5. The molecule has 1 atom stereocenters. The normalized spacial score (nSPS) is 15.4. The highest BCUT2D eigenvalue weighted by molar-refractivity contribution is 7.99. The summed E-state index contributed by atoms with van der Waals surface area (Å²) in [4.78, 5) is 17.5. The Morgan fingerprint density at radius 2 is 2.07 bits per heavy atom. The van der Waals surface area contributed by atoms with Crippen LogP contribution in [0, 0.1) is 0 Å². The molecule has 3 rings (SSSR count). The van der Waals surface area contributed by atoms with Gasteiger partial charge in [-0.3, -0.25) is 0 Å². The van der Waals surface area contributed by atoms with Crippen molar-refractivity contribution >= 4 is 23.7 Å². The minimum atomic E-state index is -0.442. The number of hydrogen-bond acceptors (Lipinski definition) is 7. The lowest BCUT2D eigenvalue weighted by Crippen LogP contribution is -2.29. The van der Waals surface area contributed by atoms with Gasteiger partial charge in [0.15, 0.2) is 0 Å². The lowest BCUT2D eigenvalue weighted by Gasteiger charge is -2.28. The van der Waals surface area contributed by atoms with Crippen LogP contribution < -0.4 is 10.1 Å². The van der Waals surface area contributed by atoms with Crippen LogP contribution in [0.15, 0.2) is 53.3 Å². The lowest BCUT2D eigenvalue weighted by atomic mass is 9.96. The van der Waals surface area contributed by atoms with E-state index in [9.17, 15) is 4.79 Å². The molecule has 0 radical (unpaired) electrons. The van der Waals surface area contributed by atoms with Crippen LogP contribution in [-0.4, -0.2) is 39.7 Å². The Kier molecular flexibility index (Phi) is 7.57. The average Bonchev–Trinajstić information content (AvgIpc) is 3.16. The predicted molar refractivity (Wildman–Crippen MR) is 119 cm³/mol. The first-order valence-electron chi connectivity index (χ1n) is 10.2. The van der Waals surface area contributed by atoms with Crippen molar-refractivity contribution < 1.29 is 14.3 Å². The van der Waals surface area contributed by atoms with Crippen molar-refractivity contribution in [3.8, 4) is 5.75 Å². The monoisotopic (exact) mass is 428 g/mol. The summed E-state index contributed by atoms with van der Waals surface area (Å²) in [7, 11) is 0. The van der Waals surface area contributed by atoms with E-state index in [2.05, 4.69) is 35.8 Å². The van der Waals surface area contributed by atoms with Crippen LogP contribution in [0.4, 0.5) is 5.95 Å². The third-order valence-corrected chi connectivity index (χ3v) is 5.53. The average molecular weight is 429 g/mol. The summed E-state index contributed by atoms with van der Waals surface area (Å²) >= 11 is 1.60. The van der Waals surface area contributed by atoms with Crippen molar-refractivity contribution in [1.29, 1.82) is 0 Å². The zero-order chi connectivity index (χ0) is 21.5. The number of benzene rings is 1. The fraction of sp³-hybridized carbons (Fsp3) is 0.409. The van der Waals surface area contributed by atoms with E-state index in [1.807, 2.05) is 31.2 Å². The van der Waals surface area contributed by atoms with Crippen LogP contribution in [0.2, 0.25) is 0 Å². The molecule has 0 fully saturated rings. The smallest absolute Gasteiger partial charge is 0.338 e. The molecular formula is C22H28N4O3S. The number of thioether (sulfide) groups is 1. The molecule has 0 amide bonds. The Hall–Kier alpha value is -2.74. The first-order chi connectivity index (χ1) is 14.6. The van der Waals surface area contributed by atoms with Gasteiger partial charge in [0.25, 0.3) is 0 Å². The van der Waals surface area contributed by atoms with Gasteiger partial charge in [0.1, 0.15) is 18.4 Å². The molecule has 7 nitrogen and oxygen atoms in total. The van der Waals surface area contributed by atoms with E-state index in [1.165, 1.54) is 0 Å². The van der Waals surface area contributed by atoms with Gasteiger partial charge in [-0.1, -0.05) is 50.4 Å². The summed E-state index contributed by atoms with van der Waals surface area (Å²) in [6.07, 6.45) is 3.53. The van der Waals surface area contributed by atoms with Gasteiger partial charge in [0.05, 0.1) is 12.2 Å². The van der Waals surface area contributed by atoms with Crippen LogP contribution in [0.1, 0.15) is 45.2 Å². The maximum Gasteiger partial charge on any atom is 0.338 e. The zero-order valence-electron chi connectivity index (χ0n) is 17.7. The first-order valence-corrected chi connectivity index (χ1v) is 11.2. The summed E-state index contributed by atoms with van der Waals surface area (Å²) in [5.41, 5.74) is 2.11. The summed E-state index contributed by atoms with van der Waals surface area (Å²) in [6, 6.07) is 7.30. The van der Waals surface area contributed by atoms with Crippen molar-refractivity contribution in [2.45, 2.75) is 44.8 Å². The van der Waals surface area contributed by atoms with Crippen molar-refractivity contribution in [1.82, 2.24) is 14.8 Å². The van der Waals surface area contributed by atoms with E-state index in [0.29, 0.717) is 29.0 Å². The number of nitrogens with one attached hydrogen (secondary N) is 1. The first kappa shape index (κ1) is 22.0. The Morgan fingerprint density at radius 3 is 2.73 bits per heavy atom. The second-order valence-corrected chi connectivity index (χ2v) is 7.94. The largest absolute Gasteiger partial charge is 0.494 e. The molecule has 0 saturated heterocycles. The van der Waals surface area contributed by atoms with Gasteiger partial charge in [-0.25, -0.2) is 9.48 Å². The highest BCUT2D eigenvalue weighted by Crippen LogP contribution is 2.37. The molecule has 1 aliphatic heterocycles. The molecule has 2 heterocycles. The van der Waals surface area contributed by atoms with Gasteiger partial charge in [0.2, 0.25) is 11.1 Å². The van der Waals surface area contributed by atoms with E-state index in [4.69, 9.17) is 9.47 Å². The van der Waals surface area contributed by atoms with Crippen LogP contribution in [0.25, 0.3) is 0 Å². The van der Waals surface area contributed by atoms with E-state index < -0.39 is 12.0 Å². The fourth-order valence-electron chi connectivity index (χ4n) is 3.14. The number of fused-ring (bicyclic) bond motifs is 1. The molecule has 1 N–H and O–H groups in total. The fourth-order valence-corrected chi connectivity index (χ4v) is 3.82. The van der Waals surface area contributed by atoms with Crippen LogP contribution >= 0.6 is 11.8 Å². The number of carbonyl (C=O) groups is 1. The number of anilines is 1. The van der Waals surface area contributed by atoms with Gasteiger partial charge in [-0.15, -0.1) is 5.10 Å². The number of nitrogens with zero attached hydrogens (tertiary/aromatic N) is 3. The van der Waals surface area contributed by atoms with Crippen LogP contribution in [0.5, 0.6) is 5.75 Å². The summed E-state index contributed by atoms with van der Waals surface area (Å²) in [5.74, 6) is 1.94. The van der Waals surface area contributed by atoms with Crippen molar-refractivity contribution in [2.75, 3.05) is 24.3 Å². The molecule has 8 heteroatoms. The molecule has 1 aliphatic rings. The lowest BCUT2D eigenvalue weighted by molar-refractivity contribution is -0.138. The van der Waals surface area contributed by atoms with E-state index in [0.717, 1.165) is 29.9 Å². The molecule has 2 aromatic rings. The van der Waals surface area contributed by atoms with Gasteiger partial charge >= 0.3 is 5.97 Å². The predicted octanol–water partition coefficient (Wildman–Crippen LogP) is 4.59. The van der Waals surface area contributed by atoms with Gasteiger partial charge in [-0.05, 0) is 37.5 Å².